The maximum absolute atomic E-state index is 12.2. The number of aryl methyl sites for hydroxylation is 1. The fraction of sp³-hybridized carbons (Fsp3) is 0.368. The van der Waals surface area contributed by atoms with Crippen LogP contribution in [0.2, 0.25) is 0 Å². The standard InChI is InChI=1S/C19H23N3O3/c1-21-8-7-16(11-18(21)23)19(24)20-12-17-14-22(9-10-25-17)13-15-5-3-2-4-6-15/h2-8,11,17H,9-10,12-14H2,1H3,(H,20,24)/t17-/m0/s1. The van der Waals surface area contributed by atoms with Gasteiger partial charge in [0.2, 0.25) is 0 Å². The number of aromatic nitrogens is 1. The molecule has 0 spiro atoms. The van der Waals surface area contributed by atoms with E-state index in [0.717, 1.165) is 19.6 Å². The van der Waals surface area contributed by atoms with Gasteiger partial charge in [-0.15, -0.1) is 0 Å². The number of morpholine rings is 1. The van der Waals surface area contributed by atoms with Gasteiger partial charge in [0.1, 0.15) is 0 Å². The van der Waals surface area contributed by atoms with Gasteiger partial charge in [-0.2, -0.15) is 0 Å². The second-order valence-electron chi connectivity index (χ2n) is 6.29. The molecule has 1 fully saturated rings. The van der Waals surface area contributed by atoms with Gasteiger partial charge in [-0.05, 0) is 11.6 Å². The number of carbonyl (C=O) groups excluding carboxylic acids is 1. The summed E-state index contributed by atoms with van der Waals surface area (Å²) in [5, 5.41) is 2.86. The number of ether oxygens (including phenoxy) is 1. The maximum Gasteiger partial charge on any atom is 0.251 e. The van der Waals surface area contributed by atoms with Crippen molar-refractivity contribution in [3.8, 4) is 0 Å². The lowest BCUT2D eigenvalue weighted by molar-refractivity contribution is -0.0292. The minimum Gasteiger partial charge on any atom is -0.374 e. The summed E-state index contributed by atoms with van der Waals surface area (Å²) >= 11 is 0. The molecule has 6 heteroatoms. The Balaban J connectivity index is 1.51. The van der Waals surface area contributed by atoms with Gasteiger partial charge in [0, 0.05) is 51.1 Å². The van der Waals surface area contributed by atoms with Crippen LogP contribution in [0.5, 0.6) is 0 Å². The van der Waals surface area contributed by atoms with Gasteiger partial charge < -0.3 is 14.6 Å². The minimum absolute atomic E-state index is 0.0482. The predicted octanol–water partition coefficient (Wildman–Crippen LogP) is 1.02. The van der Waals surface area contributed by atoms with Gasteiger partial charge in [0.05, 0.1) is 12.7 Å². The number of pyridine rings is 1. The number of carbonyl (C=O) groups is 1. The average Bonchev–Trinajstić information content (AvgIpc) is 2.63. The smallest absolute Gasteiger partial charge is 0.251 e. The molecule has 0 saturated carbocycles. The Morgan fingerprint density at radius 2 is 2.08 bits per heavy atom. The van der Waals surface area contributed by atoms with Gasteiger partial charge in [0.25, 0.3) is 11.5 Å². The first-order valence-corrected chi connectivity index (χ1v) is 8.44. The van der Waals surface area contributed by atoms with Crippen LogP contribution in [0.15, 0.2) is 53.5 Å². The Hall–Kier alpha value is -2.44. The van der Waals surface area contributed by atoms with E-state index >= 15 is 0 Å². The summed E-state index contributed by atoms with van der Waals surface area (Å²) in [4.78, 5) is 26.1. The summed E-state index contributed by atoms with van der Waals surface area (Å²) < 4.78 is 7.19. The van der Waals surface area contributed by atoms with Crippen LogP contribution in [0.1, 0.15) is 15.9 Å². The summed E-state index contributed by atoms with van der Waals surface area (Å²) in [7, 11) is 1.65. The van der Waals surface area contributed by atoms with Crippen molar-refractivity contribution in [2.75, 3.05) is 26.2 Å². The molecule has 1 amide bonds. The first-order valence-electron chi connectivity index (χ1n) is 8.44. The van der Waals surface area contributed by atoms with Gasteiger partial charge in [-0.25, -0.2) is 0 Å². The van der Waals surface area contributed by atoms with Crippen LogP contribution in [-0.4, -0.2) is 47.7 Å². The van der Waals surface area contributed by atoms with Crippen molar-refractivity contribution >= 4 is 5.91 Å². The molecule has 0 unspecified atom stereocenters. The van der Waals surface area contributed by atoms with Crippen molar-refractivity contribution in [3.63, 3.8) is 0 Å². The molecule has 1 atom stereocenters. The Labute approximate surface area is 147 Å². The number of nitrogens with zero attached hydrogens (tertiary/aromatic N) is 2. The monoisotopic (exact) mass is 341 g/mol. The Bertz CT molecular complexity index is 773. The van der Waals surface area contributed by atoms with E-state index in [0.29, 0.717) is 18.7 Å². The van der Waals surface area contributed by atoms with Crippen molar-refractivity contribution in [2.24, 2.45) is 7.05 Å². The normalized spacial score (nSPS) is 18.0. The lowest BCUT2D eigenvalue weighted by Crippen LogP contribution is -2.47. The zero-order valence-corrected chi connectivity index (χ0v) is 14.4. The van der Waals surface area contributed by atoms with E-state index in [2.05, 4.69) is 22.3 Å². The van der Waals surface area contributed by atoms with Crippen LogP contribution in [0.4, 0.5) is 0 Å². The minimum atomic E-state index is -0.249. The molecule has 3 rings (SSSR count). The summed E-state index contributed by atoms with van der Waals surface area (Å²) in [5.74, 6) is -0.249. The molecule has 1 aromatic carbocycles. The molecule has 0 aliphatic carbocycles. The average molecular weight is 341 g/mol. The third kappa shape index (κ3) is 4.78. The molecular formula is C19H23N3O3. The molecule has 0 radical (unpaired) electrons. The van der Waals surface area contributed by atoms with E-state index in [1.54, 1.807) is 19.3 Å². The molecule has 2 heterocycles. The van der Waals surface area contributed by atoms with Gasteiger partial charge in [-0.1, -0.05) is 30.3 Å². The molecule has 25 heavy (non-hydrogen) atoms. The third-order valence-corrected chi connectivity index (χ3v) is 4.33. The van der Waals surface area contributed by atoms with Gasteiger partial charge in [-0.3, -0.25) is 14.5 Å². The first-order chi connectivity index (χ1) is 12.1. The number of hydrogen-bond acceptors (Lipinski definition) is 4. The highest BCUT2D eigenvalue weighted by atomic mass is 16.5. The second kappa shape index (κ2) is 8.09. The van der Waals surface area contributed by atoms with Gasteiger partial charge >= 0.3 is 0 Å². The Kier molecular flexibility index (Phi) is 5.63. The number of hydrogen-bond donors (Lipinski definition) is 1. The van der Waals surface area contributed by atoms with Crippen molar-refractivity contribution in [2.45, 2.75) is 12.6 Å². The number of nitrogens with one attached hydrogen (secondary N) is 1. The van der Waals surface area contributed by atoms with Gasteiger partial charge in [0.15, 0.2) is 0 Å². The van der Waals surface area contributed by atoms with E-state index < -0.39 is 0 Å². The van der Waals surface area contributed by atoms with Crippen LogP contribution in [-0.2, 0) is 18.3 Å². The highest BCUT2D eigenvalue weighted by Crippen LogP contribution is 2.10. The van der Waals surface area contributed by atoms with E-state index in [1.165, 1.54) is 16.2 Å². The molecule has 1 aliphatic rings. The lowest BCUT2D eigenvalue weighted by Gasteiger charge is -2.33. The zero-order chi connectivity index (χ0) is 17.6. The molecular weight excluding hydrogens is 318 g/mol. The van der Waals surface area contributed by atoms with Crippen LogP contribution in [0.3, 0.4) is 0 Å². The fourth-order valence-electron chi connectivity index (χ4n) is 2.89. The van der Waals surface area contributed by atoms with Crippen molar-refractivity contribution in [1.82, 2.24) is 14.8 Å². The van der Waals surface area contributed by atoms with Crippen LogP contribution >= 0.6 is 0 Å². The molecule has 6 nitrogen and oxygen atoms in total. The topological polar surface area (TPSA) is 63.6 Å². The maximum atomic E-state index is 12.2. The van der Waals surface area contributed by atoms with Crippen molar-refractivity contribution in [3.05, 3.63) is 70.1 Å². The SMILES string of the molecule is Cn1ccc(C(=O)NC[C@H]2CN(Cc3ccccc3)CCO2)cc1=O. The highest BCUT2D eigenvalue weighted by molar-refractivity contribution is 5.93. The lowest BCUT2D eigenvalue weighted by atomic mass is 10.2. The summed E-state index contributed by atoms with van der Waals surface area (Å²) in [6.07, 6.45) is 1.55. The molecule has 0 bridgehead atoms. The number of rotatable bonds is 5. The summed E-state index contributed by atoms with van der Waals surface area (Å²) in [6.45, 7) is 3.61. The fourth-order valence-corrected chi connectivity index (χ4v) is 2.89. The largest absolute Gasteiger partial charge is 0.374 e. The predicted molar refractivity (Wildman–Crippen MR) is 95.5 cm³/mol. The molecule has 2 aromatic rings. The summed E-state index contributed by atoms with van der Waals surface area (Å²) in [6, 6.07) is 13.3. The molecule has 1 aromatic heterocycles. The van der Waals surface area contributed by atoms with E-state index in [4.69, 9.17) is 4.74 Å². The highest BCUT2D eigenvalue weighted by Gasteiger charge is 2.21. The Morgan fingerprint density at radius 1 is 1.28 bits per heavy atom. The third-order valence-electron chi connectivity index (χ3n) is 4.33. The molecule has 132 valence electrons. The second-order valence-corrected chi connectivity index (χ2v) is 6.29. The zero-order valence-electron chi connectivity index (χ0n) is 14.4. The number of benzene rings is 1. The van der Waals surface area contributed by atoms with E-state index in [-0.39, 0.29) is 17.6 Å². The van der Waals surface area contributed by atoms with E-state index in [1.807, 2.05) is 18.2 Å². The first kappa shape index (κ1) is 17.4. The van der Waals surface area contributed by atoms with Crippen LogP contribution in [0, 0.1) is 0 Å². The number of amides is 1. The Morgan fingerprint density at radius 3 is 2.84 bits per heavy atom. The quantitative estimate of drug-likeness (QED) is 0.882. The van der Waals surface area contributed by atoms with Crippen LogP contribution in [0.25, 0.3) is 0 Å². The molecule has 1 aliphatic heterocycles. The van der Waals surface area contributed by atoms with Crippen LogP contribution < -0.4 is 10.9 Å². The molecule has 1 N–H and O–H groups in total. The van der Waals surface area contributed by atoms with Crippen molar-refractivity contribution in [1.29, 1.82) is 0 Å². The van der Waals surface area contributed by atoms with E-state index in [9.17, 15) is 9.59 Å². The van der Waals surface area contributed by atoms with Crippen molar-refractivity contribution < 1.29 is 9.53 Å². The summed E-state index contributed by atoms with van der Waals surface area (Å²) in [5.41, 5.74) is 1.45. The molecule has 1 saturated heterocycles.